The number of nitrogens with one attached hydrogen (secondary N) is 1. The molecule has 2 atom stereocenters. The van der Waals surface area contributed by atoms with Crippen LogP contribution in [0.3, 0.4) is 0 Å². The van der Waals surface area contributed by atoms with E-state index in [2.05, 4.69) is 78.4 Å². The van der Waals surface area contributed by atoms with E-state index in [1.807, 2.05) is 39.0 Å². The van der Waals surface area contributed by atoms with E-state index >= 15 is 0 Å². The van der Waals surface area contributed by atoms with Gasteiger partial charge < -0.3 is 15.8 Å². The Morgan fingerprint density at radius 1 is 0.980 bits per heavy atom. The Morgan fingerprint density at radius 3 is 1.84 bits per heavy atom. The van der Waals surface area contributed by atoms with Gasteiger partial charge in [-0.25, -0.2) is 0 Å². The van der Waals surface area contributed by atoms with Crippen LogP contribution in [-0.2, 0) is 19.2 Å². The average molecular weight is 681 g/mol. The van der Waals surface area contributed by atoms with Crippen LogP contribution in [0.5, 0.6) is 0 Å². The van der Waals surface area contributed by atoms with Crippen molar-refractivity contribution in [1.82, 2.24) is 5.32 Å². The zero-order valence-electron chi connectivity index (χ0n) is 33.0. The summed E-state index contributed by atoms with van der Waals surface area (Å²) in [4.78, 5) is 46.8. The van der Waals surface area contributed by atoms with E-state index < -0.39 is 17.4 Å². The number of unbranched alkanes of at least 4 members (excludes halogenated alkanes) is 1. The SMILES string of the molecule is C=C.C=C(C)CCC(C)=O.C=C(CC(N)=O)C(=O)C(C)C1=CNC(CCCC)(CC(C)C)C1=O.CC.CC1CCCC1.Cc1ccccc1. The molecule has 0 bridgehead atoms. The van der Waals surface area contributed by atoms with Crippen LogP contribution in [0, 0.1) is 24.7 Å². The van der Waals surface area contributed by atoms with Crippen LogP contribution >= 0.6 is 0 Å². The summed E-state index contributed by atoms with van der Waals surface area (Å²) in [5.41, 5.74) is 7.54. The molecule has 2 unspecified atom stereocenters. The minimum atomic E-state index is -0.618. The van der Waals surface area contributed by atoms with Crippen molar-refractivity contribution in [3.8, 4) is 0 Å². The molecule has 49 heavy (non-hydrogen) atoms. The van der Waals surface area contributed by atoms with Gasteiger partial charge in [0.15, 0.2) is 11.6 Å². The molecule has 6 nitrogen and oxygen atoms in total. The molecular weight excluding hydrogens is 608 g/mol. The first-order valence-corrected chi connectivity index (χ1v) is 18.2. The molecular formula is C43H72N2O4. The van der Waals surface area contributed by atoms with Crippen LogP contribution in [0.1, 0.15) is 139 Å². The predicted octanol–water partition coefficient (Wildman–Crippen LogP) is 10.6. The molecule has 0 radical (unpaired) electrons. The Hall–Kier alpha value is -3.54. The molecule has 0 aromatic heterocycles. The summed E-state index contributed by atoms with van der Waals surface area (Å²) in [6, 6.07) is 10.3. The minimum Gasteiger partial charge on any atom is -0.378 e. The number of hydrogen-bond acceptors (Lipinski definition) is 5. The Labute approximate surface area is 301 Å². The highest BCUT2D eigenvalue weighted by Crippen LogP contribution is 2.34. The molecule has 2 aliphatic rings. The van der Waals surface area contributed by atoms with E-state index in [1.165, 1.54) is 31.2 Å². The summed E-state index contributed by atoms with van der Waals surface area (Å²) in [6.45, 7) is 33.2. The maximum Gasteiger partial charge on any atom is 0.221 e. The van der Waals surface area contributed by atoms with E-state index in [1.54, 1.807) is 20.0 Å². The van der Waals surface area contributed by atoms with Crippen molar-refractivity contribution in [3.63, 3.8) is 0 Å². The topological polar surface area (TPSA) is 106 Å². The molecule has 1 aliphatic carbocycles. The fraction of sp³-hybridized carbons (Fsp3) is 0.581. The van der Waals surface area contributed by atoms with Gasteiger partial charge in [0, 0.05) is 24.1 Å². The van der Waals surface area contributed by atoms with Gasteiger partial charge in [-0.3, -0.25) is 14.4 Å². The van der Waals surface area contributed by atoms with Crippen molar-refractivity contribution >= 4 is 23.3 Å². The first-order valence-electron chi connectivity index (χ1n) is 18.2. The third-order valence-electron chi connectivity index (χ3n) is 8.00. The monoisotopic (exact) mass is 681 g/mol. The van der Waals surface area contributed by atoms with Crippen LogP contribution in [0.4, 0.5) is 0 Å². The molecule has 3 rings (SSSR count). The number of aryl methyl sites for hydroxylation is 1. The number of hydrogen-bond donors (Lipinski definition) is 2. The van der Waals surface area contributed by atoms with E-state index in [9.17, 15) is 19.2 Å². The second kappa shape index (κ2) is 29.4. The highest BCUT2D eigenvalue weighted by Gasteiger charge is 2.45. The highest BCUT2D eigenvalue weighted by molar-refractivity contribution is 6.12. The first kappa shape index (κ1) is 49.8. The fourth-order valence-electron chi connectivity index (χ4n) is 5.36. The smallest absolute Gasteiger partial charge is 0.221 e. The maximum atomic E-state index is 13.1. The summed E-state index contributed by atoms with van der Waals surface area (Å²) in [5.74, 6) is 0.137. The van der Waals surface area contributed by atoms with Gasteiger partial charge in [0.1, 0.15) is 11.3 Å². The fourth-order valence-corrected chi connectivity index (χ4v) is 5.36. The molecule has 1 heterocycles. The van der Waals surface area contributed by atoms with Gasteiger partial charge in [-0.1, -0.05) is 135 Å². The molecule has 1 amide bonds. The molecule has 0 spiro atoms. The number of rotatable bonds is 13. The van der Waals surface area contributed by atoms with Crippen molar-refractivity contribution in [3.05, 3.63) is 85.1 Å². The number of allylic oxidation sites excluding steroid dienone is 1. The van der Waals surface area contributed by atoms with Crippen molar-refractivity contribution in [1.29, 1.82) is 0 Å². The number of nitrogens with two attached hydrogens (primary N) is 1. The lowest BCUT2D eigenvalue weighted by Gasteiger charge is -2.31. The molecule has 0 saturated heterocycles. The van der Waals surface area contributed by atoms with Gasteiger partial charge in [0.2, 0.25) is 5.91 Å². The van der Waals surface area contributed by atoms with Crippen LogP contribution in [0.25, 0.3) is 0 Å². The Balaban J connectivity index is -0.000000681. The van der Waals surface area contributed by atoms with Gasteiger partial charge in [0.25, 0.3) is 0 Å². The van der Waals surface area contributed by atoms with Gasteiger partial charge in [-0.2, -0.15) is 0 Å². The zero-order valence-corrected chi connectivity index (χ0v) is 33.0. The number of benzene rings is 1. The van der Waals surface area contributed by atoms with Crippen LogP contribution < -0.4 is 11.1 Å². The molecule has 6 heteroatoms. The normalized spacial score (nSPS) is 16.5. The minimum absolute atomic E-state index is 0.00243. The number of carbonyl (C=O) groups is 4. The lowest BCUT2D eigenvalue weighted by atomic mass is 9.77. The highest BCUT2D eigenvalue weighted by atomic mass is 16.2. The lowest BCUT2D eigenvalue weighted by molar-refractivity contribution is -0.124. The van der Waals surface area contributed by atoms with Crippen LogP contribution in [0.2, 0.25) is 0 Å². The van der Waals surface area contributed by atoms with Crippen molar-refractivity contribution < 1.29 is 19.2 Å². The number of ketones is 3. The third kappa shape index (κ3) is 23.5. The van der Waals surface area contributed by atoms with E-state index in [-0.39, 0.29) is 29.3 Å². The quantitative estimate of drug-likeness (QED) is 0.159. The van der Waals surface area contributed by atoms with E-state index in [4.69, 9.17) is 5.73 Å². The molecule has 1 aliphatic heterocycles. The number of carbonyl (C=O) groups excluding carboxylic acids is 4. The molecule has 1 aromatic carbocycles. The van der Waals surface area contributed by atoms with E-state index in [0.29, 0.717) is 17.9 Å². The molecule has 278 valence electrons. The summed E-state index contributed by atoms with van der Waals surface area (Å²) >= 11 is 0. The number of Topliss-reactive ketones (excluding diaryl/α,β-unsaturated/α-hetero) is 3. The second-order valence-corrected chi connectivity index (χ2v) is 13.4. The Bertz CT molecular complexity index is 1130. The average Bonchev–Trinajstić information content (AvgIpc) is 3.67. The largest absolute Gasteiger partial charge is 0.378 e. The maximum absolute atomic E-state index is 13.1. The van der Waals surface area contributed by atoms with Gasteiger partial charge in [0.05, 0.1) is 6.42 Å². The zero-order chi connectivity index (χ0) is 38.6. The van der Waals surface area contributed by atoms with Crippen molar-refractivity contribution in [2.75, 3.05) is 0 Å². The first-order chi connectivity index (χ1) is 23.1. The summed E-state index contributed by atoms with van der Waals surface area (Å²) in [5, 5.41) is 3.27. The summed E-state index contributed by atoms with van der Waals surface area (Å²) in [7, 11) is 0. The van der Waals surface area contributed by atoms with Gasteiger partial charge >= 0.3 is 0 Å². The molecule has 1 aromatic rings. The van der Waals surface area contributed by atoms with Crippen molar-refractivity contribution in [2.24, 2.45) is 23.5 Å². The predicted molar refractivity (Wildman–Crippen MR) is 211 cm³/mol. The second-order valence-electron chi connectivity index (χ2n) is 13.4. The molecule has 3 N–H and O–H groups in total. The van der Waals surface area contributed by atoms with Crippen LogP contribution in [0.15, 0.2) is 79.6 Å². The molecule has 1 fully saturated rings. The number of amides is 1. The van der Waals surface area contributed by atoms with Gasteiger partial charge in [-0.05, 0) is 57.4 Å². The van der Waals surface area contributed by atoms with E-state index in [0.717, 1.165) is 43.6 Å². The van der Waals surface area contributed by atoms with Crippen LogP contribution in [-0.4, -0.2) is 28.8 Å². The Morgan fingerprint density at radius 2 is 1.51 bits per heavy atom. The third-order valence-corrected chi connectivity index (χ3v) is 8.00. The van der Waals surface area contributed by atoms with Gasteiger partial charge in [-0.15, -0.1) is 19.7 Å². The Kier molecular flexibility index (Phi) is 29.9. The molecule has 1 saturated carbocycles. The standard InChI is InChI=1S/C19H30N2O3.C7H12O.C7H8.C6H12.C2H6.C2H4/c1-6-7-8-19(10-12(2)3)18(24)15(11-21-19)14(5)17(23)13(4)9-16(20)22;1-6(2)4-5-7(3)8;1-7-5-3-2-4-6-7;1-6-4-2-3-5-6;2*1-2/h11-12,14,21H,4,6-10H2,1-3,5H3,(H2,20,22);1,4-5H2,2-3H3;2-6H,1H3;6H,2-5H2,1H3;1-2H3;1-2H2. The number of primary amides is 1. The van der Waals surface area contributed by atoms with Crippen molar-refractivity contribution in [2.45, 2.75) is 145 Å². The summed E-state index contributed by atoms with van der Waals surface area (Å²) in [6.07, 6.45) is 12.4. The lowest BCUT2D eigenvalue weighted by Crippen LogP contribution is -2.47. The summed E-state index contributed by atoms with van der Waals surface area (Å²) < 4.78 is 0.